The zero-order chi connectivity index (χ0) is 17.8. The van der Waals surface area contributed by atoms with E-state index < -0.39 is 0 Å². The molecule has 0 spiro atoms. The molecule has 0 aliphatic carbocycles. The Labute approximate surface area is 157 Å². The fourth-order valence-corrected chi connectivity index (χ4v) is 4.11. The van der Waals surface area contributed by atoms with Gasteiger partial charge in [0.15, 0.2) is 5.13 Å². The van der Waals surface area contributed by atoms with Crippen LogP contribution in [-0.2, 0) is 16.0 Å². The van der Waals surface area contributed by atoms with Gasteiger partial charge in [0.05, 0.1) is 18.8 Å². The van der Waals surface area contributed by atoms with Crippen molar-refractivity contribution < 1.29 is 9.53 Å². The second-order valence-electron chi connectivity index (χ2n) is 6.40. The summed E-state index contributed by atoms with van der Waals surface area (Å²) in [7, 11) is 0. The number of nitrogens with zero attached hydrogens (tertiary/aromatic N) is 2. The molecule has 25 heavy (non-hydrogen) atoms. The van der Waals surface area contributed by atoms with E-state index in [1.54, 1.807) is 6.20 Å². The van der Waals surface area contributed by atoms with E-state index in [9.17, 15) is 4.79 Å². The Morgan fingerprint density at radius 1 is 1.36 bits per heavy atom. The summed E-state index contributed by atoms with van der Waals surface area (Å²) in [5.74, 6) is -0.0417. The van der Waals surface area contributed by atoms with Crippen molar-refractivity contribution in [1.82, 2.24) is 9.88 Å². The molecule has 0 bridgehead atoms. The number of hydrogen-bond acceptors (Lipinski definition) is 5. The first kappa shape index (κ1) is 18.3. The summed E-state index contributed by atoms with van der Waals surface area (Å²) in [6.45, 7) is 5.96. The van der Waals surface area contributed by atoms with Crippen molar-refractivity contribution in [2.45, 2.75) is 32.5 Å². The van der Waals surface area contributed by atoms with Gasteiger partial charge in [0.1, 0.15) is 0 Å². The number of rotatable bonds is 5. The van der Waals surface area contributed by atoms with Crippen LogP contribution in [0, 0.1) is 0 Å². The lowest BCUT2D eigenvalue weighted by molar-refractivity contribution is -0.121. The Morgan fingerprint density at radius 2 is 2.08 bits per heavy atom. The van der Waals surface area contributed by atoms with Gasteiger partial charge < -0.3 is 10.1 Å². The summed E-state index contributed by atoms with van der Waals surface area (Å²) in [6, 6.07) is 7.76. The van der Waals surface area contributed by atoms with Gasteiger partial charge in [-0.2, -0.15) is 0 Å². The molecule has 0 unspecified atom stereocenters. The molecule has 134 valence electrons. The van der Waals surface area contributed by atoms with Crippen LogP contribution in [0.15, 0.2) is 30.5 Å². The molecule has 0 saturated carbocycles. The van der Waals surface area contributed by atoms with Gasteiger partial charge in [-0.15, -0.1) is 11.3 Å². The first-order valence-electron chi connectivity index (χ1n) is 8.35. The van der Waals surface area contributed by atoms with Crippen LogP contribution in [0.5, 0.6) is 0 Å². The van der Waals surface area contributed by atoms with Crippen LogP contribution in [0.4, 0.5) is 5.13 Å². The van der Waals surface area contributed by atoms with Gasteiger partial charge in [-0.25, -0.2) is 4.98 Å². The third kappa shape index (κ3) is 5.25. The fourth-order valence-electron chi connectivity index (χ4n) is 3.05. The van der Waals surface area contributed by atoms with Gasteiger partial charge >= 0.3 is 0 Å². The van der Waals surface area contributed by atoms with Gasteiger partial charge in [-0.3, -0.25) is 9.69 Å². The maximum absolute atomic E-state index is 12.3. The maximum atomic E-state index is 12.3. The van der Waals surface area contributed by atoms with E-state index in [1.165, 1.54) is 11.3 Å². The highest BCUT2D eigenvalue weighted by molar-refractivity contribution is 7.15. The first-order chi connectivity index (χ1) is 12.0. The number of benzene rings is 1. The average Bonchev–Trinajstić information content (AvgIpc) is 2.95. The van der Waals surface area contributed by atoms with Crippen molar-refractivity contribution >= 4 is 34.0 Å². The second kappa shape index (κ2) is 8.27. The van der Waals surface area contributed by atoms with Crippen LogP contribution < -0.4 is 5.32 Å². The number of anilines is 1. The molecule has 1 saturated heterocycles. The number of hydrogen-bond donors (Lipinski definition) is 1. The maximum Gasteiger partial charge on any atom is 0.240 e. The molecular formula is C18H22ClN3O2S. The van der Waals surface area contributed by atoms with Gasteiger partial charge in [0.25, 0.3) is 0 Å². The Balaban J connectivity index is 1.54. The zero-order valence-corrected chi connectivity index (χ0v) is 15.9. The Hall–Kier alpha value is -1.47. The molecule has 3 rings (SSSR count). The fraction of sp³-hybridized carbons (Fsp3) is 0.444. The second-order valence-corrected chi connectivity index (χ2v) is 7.92. The lowest BCUT2D eigenvalue weighted by Crippen LogP contribution is -2.48. The number of aromatic nitrogens is 1. The van der Waals surface area contributed by atoms with Gasteiger partial charge in [-0.05, 0) is 25.5 Å². The van der Waals surface area contributed by atoms with Crippen LogP contribution >= 0.6 is 22.9 Å². The minimum atomic E-state index is -0.0417. The molecule has 1 aromatic carbocycles. The van der Waals surface area contributed by atoms with Crippen LogP contribution in [0.25, 0.3) is 0 Å². The molecule has 2 atom stereocenters. The lowest BCUT2D eigenvalue weighted by atomic mass is 10.1. The standard InChI is InChI=1S/C18H22ClN3O2S/c1-12-9-22(10-13(2)24-12)11-17(23)21-18-20-8-15(25-18)7-14-5-3-4-6-16(14)19/h3-6,8,12-13H,7,9-11H2,1-2H3,(H,20,21,23)/t12-,13-/m1/s1. The van der Waals surface area contributed by atoms with Gasteiger partial charge in [-0.1, -0.05) is 29.8 Å². The highest BCUT2D eigenvalue weighted by atomic mass is 35.5. The number of amides is 1. The normalized spacial score (nSPS) is 21.2. The van der Waals surface area contributed by atoms with E-state index in [4.69, 9.17) is 16.3 Å². The third-order valence-electron chi connectivity index (χ3n) is 3.98. The molecule has 1 aromatic heterocycles. The number of thiazole rings is 1. The summed E-state index contributed by atoms with van der Waals surface area (Å²) >= 11 is 7.68. The molecular weight excluding hydrogens is 358 g/mol. The molecule has 2 heterocycles. The topological polar surface area (TPSA) is 54.5 Å². The molecule has 5 nitrogen and oxygen atoms in total. The summed E-state index contributed by atoms with van der Waals surface area (Å²) in [5, 5.41) is 4.27. The van der Waals surface area contributed by atoms with Crippen molar-refractivity contribution in [1.29, 1.82) is 0 Å². The van der Waals surface area contributed by atoms with E-state index in [-0.39, 0.29) is 18.1 Å². The number of halogens is 1. The number of carbonyl (C=O) groups excluding carboxylic acids is 1. The summed E-state index contributed by atoms with van der Waals surface area (Å²) in [6.07, 6.45) is 2.81. The first-order valence-corrected chi connectivity index (χ1v) is 9.55. The quantitative estimate of drug-likeness (QED) is 0.864. The molecule has 1 fully saturated rings. The minimum Gasteiger partial charge on any atom is -0.373 e. The lowest BCUT2D eigenvalue weighted by Gasteiger charge is -2.34. The predicted octanol–water partition coefficient (Wildman–Crippen LogP) is 3.44. The van der Waals surface area contributed by atoms with E-state index in [2.05, 4.69) is 15.2 Å². The van der Waals surface area contributed by atoms with E-state index in [0.717, 1.165) is 28.6 Å². The van der Waals surface area contributed by atoms with Crippen molar-refractivity contribution in [3.8, 4) is 0 Å². The minimum absolute atomic E-state index is 0.0417. The van der Waals surface area contributed by atoms with Gasteiger partial charge in [0.2, 0.25) is 5.91 Å². The Morgan fingerprint density at radius 3 is 2.80 bits per heavy atom. The third-order valence-corrected chi connectivity index (χ3v) is 5.27. The monoisotopic (exact) mass is 379 g/mol. The van der Waals surface area contributed by atoms with E-state index >= 15 is 0 Å². The van der Waals surface area contributed by atoms with Crippen LogP contribution in [0.3, 0.4) is 0 Å². The predicted molar refractivity (Wildman–Crippen MR) is 101 cm³/mol. The number of nitrogens with one attached hydrogen (secondary N) is 1. The summed E-state index contributed by atoms with van der Waals surface area (Å²) < 4.78 is 5.69. The molecule has 2 aromatic rings. The number of ether oxygens (including phenoxy) is 1. The summed E-state index contributed by atoms with van der Waals surface area (Å²) in [5.41, 5.74) is 1.06. The highest BCUT2D eigenvalue weighted by Crippen LogP contribution is 2.24. The average molecular weight is 380 g/mol. The Kier molecular flexibility index (Phi) is 6.06. The highest BCUT2D eigenvalue weighted by Gasteiger charge is 2.23. The molecule has 1 amide bonds. The van der Waals surface area contributed by atoms with Crippen LogP contribution in [-0.4, -0.2) is 47.6 Å². The largest absolute Gasteiger partial charge is 0.373 e. The smallest absolute Gasteiger partial charge is 0.240 e. The van der Waals surface area contributed by atoms with Crippen LogP contribution in [0.1, 0.15) is 24.3 Å². The van der Waals surface area contributed by atoms with Crippen LogP contribution in [0.2, 0.25) is 5.02 Å². The number of morpholine rings is 1. The van der Waals surface area contributed by atoms with Gasteiger partial charge in [0, 0.05) is 35.6 Å². The molecule has 1 N–H and O–H groups in total. The molecule has 0 radical (unpaired) electrons. The van der Waals surface area contributed by atoms with E-state index in [0.29, 0.717) is 18.1 Å². The number of carbonyl (C=O) groups is 1. The molecule has 7 heteroatoms. The summed E-state index contributed by atoms with van der Waals surface area (Å²) in [4.78, 5) is 19.8. The van der Waals surface area contributed by atoms with Crippen molar-refractivity contribution in [2.75, 3.05) is 25.0 Å². The molecule has 1 aliphatic rings. The Bertz CT molecular complexity index is 727. The van der Waals surface area contributed by atoms with Crippen molar-refractivity contribution in [3.63, 3.8) is 0 Å². The molecule has 1 aliphatic heterocycles. The van der Waals surface area contributed by atoms with Crippen molar-refractivity contribution in [3.05, 3.63) is 45.9 Å². The van der Waals surface area contributed by atoms with Crippen molar-refractivity contribution in [2.24, 2.45) is 0 Å². The zero-order valence-electron chi connectivity index (χ0n) is 14.4. The SMILES string of the molecule is C[C@@H]1CN(CC(=O)Nc2ncc(Cc3ccccc3Cl)s2)C[C@@H](C)O1. The van der Waals surface area contributed by atoms with E-state index in [1.807, 2.05) is 38.1 Å².